The SMILES string of the molecule is CCN(CC)c1ccc2cc(/C=C/c3ccc(S(=O)(=O)[O-])c[n+]3CCCCCC(=O)NCCCCCCOP(=O)(O)OP(=O)(O)OP(=O)(O)OC[C@H]3O[C@@H](n4cnc5c(=O)[nH]c(N)nc54)[C@H](O)[C@@H]3O)c(=O)oc2c1. The smallest absolute Gasteiger partial charge is 0.490 e. The lowest BCUT2D eigenvalue weighted by molar-refractivity contribution is -0.700. The minimum Gasteiger partial charge on any atom is -0.744 e. The van der Waals surface area contributed by atoms with E-state index >= 15 is 0 Å². The second-order valence-corrected chi connectivity index (χ2v) is 22.8. The molecule has 7 atom stereocenters. The lowest BCUT2D eigenvalue weighted by Crippen LogP contribution is -2.37. The van der Waals surface area contributed by atoms with Crippen LogP contribution in [0, 0.1) is 0 Å². The van der Waals surface area contributed by atoms with Crippen molar-refractivity contribution < 1.29 is 87.7 Å². The van der Waals surface area contributed by atoms with Gasteiger partial charge in [0.2, 0.25) is 17.5 Å². The lowest BCUT2D eigenvalue weighted by Gasteiger charge is -2.20. The molecule has 0 spiro atoms. The number of aromatic nitrogens is 5. The fraction of sp³-hybridized carbons (Fsp3) is 0.476. The zero-order valence-electron chi connectivity index (χ0n) is 39.9. The molecular weight excluding hydrogens is 1060 g/mol. The highest BCUT2D eigenvalue weighted by Gasteiger charge is 2.47. The third-order valence-corrected chi connectivity index (χ3v) is 16.6. The molecule has 5 aromatic rings. The number of nitrogen functional groups attached to an aromatic ring is 1. The number of phosphoric acid groups is 3. The third kappa shape index (κ3) is 16.0. The number of hydrogen-bond acceptors (Lipinski definition) is 21. The number of anilines is 2. The number of nitrogens with two attached hydrogens (primary N) is 1. The van der Waals surface area contributed by atoms with Crippen molar-refractivity contribution in [1.82, 2.24) is 24.8 Å². The number of nitrogens with zero attached hydrogens (tertiary/aromatic N) is 5. The Morgan fingerprint density at radius 1 is 0.946 bits per heavy atom. The number of H-pyrrole nitrogens is 1. The number of amides is 1. The molecule has 0 aliphatic carbocycles. The summed E-state index contributed by atoms with van der Waals surface area (Å²) in [5.41, 5.74) is 6.13. The van der Waals surface area contributed by atoms with Crippen molar-refractivity contribution in [3.63, 3.8) is 0 Å². The summed E-state index contributed by atoms with van der Waals surface area (Å²) in [5, 5.41) is 24.5. The molecular formula is C42H57N8O20P3S. The molecule has 32 heteroatoms. The number of aromatic amines is 1. The number of nitrogens with one attached hydrogen (secondary N) is 2. The van der Waals surface area contributed by atoms with Gasteiger partial charge in [0.15, 0.2) is 23.6 Å². The van der Waals surface area contributed by atoms with Crippen molar-refractivity contribution in [2.75, 3.05) is 43.5 Å². The van der Waals surface area contributed by atoms with Gasteiger partial charge in [0.05, 0.1) is 25.1 Å². The topological polar surface area (TPSA) is 412 Å². The molecule has 0 saturated carbocycles. The highest BCUT2D eigenvalue weighted by Crippen LogP contribution is 2.67. The Hall–Kier alpha value is -5.06. The monoisotopic (exact) mass is 1120 g/mol. The summed E-state index contributed by atoms with van der Waals surface area (Å²) >= 11 is 0. The summed E-state index contributed by atoms with van der Waals surface area (Å²) in [4.78, 5) is 79.1. The number of pyridine rings is 1. The summed E-state index contributed by atoms with van der Waals surface area (Å²) in [6, 6.07) is 9.98. The zero-order chi connectivity index (χ0) is 54.0. The molecule has 406 valence electrons. The number of rotatable bonds is 28. The summed E-state index contributed by atoms with van der Waals surface area (Å²) in [6.07, 6.45) is 2.31. The van der Waals surface area contributed by atoms with Crippen LogP contribution in [-0.4, -0.2) is 114 Å². The molecule has 0 radical (unpaired) electrons. The molecule has 9 N–H and O–H groups in total. The van der Waals surface area contributed by atoms with Gasteiger partial charge in [0.1, 0.15) is 45.5 Å². The van der Waals surface area contributed by atoms with Crippen molar-refractivity contribution in [2.24, 2.45) is 0 Å². The number of hydrogen-bond donors (Lipinski definition) is 8. The third-order valence-electron chi connectivity index (χ3n) is 11.5. The summed E-state index contributed by atoms with van der Waals surface area (Å²) in [5.74, 6) is -0.509. The van der Waals surface area contributed by atoms with E-state index in [0.717, 1.165) is 29.7 Å². The molecule has 28 nitrogen and oxygen atoms in total. The van der Waals surface area contributed by atoms with Gasteiger partial charge in [0.25, 0.3) is 5.56 Å². The van der Waals surface area contributed by atoms with Crippen LogP contribution in [0.2, 0.25) is 0 Å². The fourth-order valence-corrected chi connectivity index (χ4v) is 11.8. The van der Waals surface area contributed by atoms with Crippen molar-refractivity contribution in [1.29, 1.82) is 0 Å². The maximum absolute atomic E-state index is 12.9. The molecule has 4 aromatic heterocycles. The molecule has 1 aromatic carbocycles. The van der Waals surface area contributed by atoms with Gasteiger partial charge in [-0.25, -0.2) is 31.9 Å². The summed E-state index contributed by atoms with van der Waals surface area (Å²) in [6.45, 7) is 4.74. The Labute approximate surface area is 422 Å². The highest BCUT2D eigenvalue weighted by atomic mass is 32.2. The van der Waals surface area contributed by atoms with Crippen LogP contribution < -0.4 is 31.7 Å². The van der Waals surface area contributed by atoms with E-state index in [1.165, 1.54) is 18.3 Å². The molecule has 0 bridgehead atoms. The lowest BCUT2D eigenvalue weighted by atomic mass is 10.1. The highest BCUT2D eigenvalue weighted by molar-refractivity contribution is 7.85. The van der Waals surface area contributed by atoms with Crippen LogP contribution >= 0.6 is 23.5 Å². The first-order valence-electron chi connectivity index (χ1n) is 23.1. The van der Waals surface area contributed by atoms with E-state index in [-0.39, 0.29) is 41.4 Å². The van der Waals surface area contributed by atoms with Crippen LogP contribution in [0.4, 0.5) is 11.6 Å². The average Bonchev–Trinajstić information content (AvgIpc) is 3.86. The molecule has 1 saturated heterocycles. The first-order chi connectivity index (χ1) is 34.9. The average molecular weight is 1120 g/mol. The van der Waals surface area contributed by atoms with Crippen LogP contribution in [-0.2, 0) is 57.6 Å². The predicted molar refractivity (Wildman–Crippen MR) is 262 cm³/mol. The molecule has 1 aliphatic heterocycles. The molecule has 74 heavy (non-hydrogen) atoms. The van der Waals surface area contributed by atoms with Gasteiger partial charge in [-0.2, -0.15) is 18.2 Å². The van der Waals surface area contributed by atoms with Crippen molar-refractivity contribution >= 4 is 85.4 Å². The van der Waals surface area contributed by atoms with E-state index < -0.39 is 87.4 Å². The Morgan fingerprint density at radius 2 is 1.65 bits per heavy atom. The molecule has 1 fully saturated rings. The van der Waals surface area contributed by atoms with Gasteiger partial charge in [-0.15, -0.1) is 0 Å². The van der Waals surface area contributed by atoms with E-state index in [9.17, 15) is 65.9 Å². The first kappa shape index (κ1) is 58.2. The van der Waals surface area contributed by atoms with Crippen LogP contribution in [0.25, 0.3) is 34.3 Å². The second kappa shape index (κ2) is 25.2. The van der Waals surface area contributed by atoms with E-state index in [2.05, 4.69) is 42.8 Å². The zero-order valence-corrected chi connectivity index (χ0v) is 43.4. The van der Waals surface area contributed by atoms with Crippen LogP contribution in [0.3, 0.4) is 0 Å². The van der Waals surface area contributed by atoms with Gasteiger partial charge in [-0.05, 0) is 69.9 Å². The predicted octanol–water partition coefficient (Wildman–Crippen LogP) is 2.94. The Bertz CT molecular complexity index is 3200. The summed E-state index contributed by atoms with van der Waals surface area (Å²) < 4.78 is 104. The minimum absolute atomic E-state index is 0.134. The Kier molecular flexibility index (Phi) is 19.8. The van der Waals surface area contributed by atoms with Crippen molar-refractivity contribution in [3.8, 4) is 0 Å². The van der Waals surface area contributed by atoms with Gasteiger partial charge in [-0.1, -0.05) is 12.8 Å². The van der Waals surface area contributed by atoms with Gasteiger partial charge < -0.3 is 54.6 Å². The quantitative estimate of drug-likeness (QED) is 0.0117. The van der Waals surface area contributed by atoms with Crippen LogP contribution in [0.1, 0.15) is 82.7 Å². The number of aliphatic hydroxyl groups excluding tert-OH is 2. The Balaban J connectivity index is 0.856. The fourth-order valence-electron chi connectivity index (χ4n) is 7.76. The number of benzene rings is 1. The maximum Gasteiger partial charge on any atom is 0.490 e. The van der Waals surface area contributed by atoms with E-state index in [1.54, 1.807) is 22.8 Å². The van der Waals surface area contributed by atoms with E-state index in [0.29, 0.717) is 68.3 Å². The second-order valence-electron chi connectivity index (χ2n) is 16.7. The van der Waals surface area contributed by atoms with Crippen molar-refractivity contribution in [2.45, 2.75) is 101 Å². The number of aryl methyl sites for hydroxylation is 1. The number of fused-ring (bicyclic) bond motifs is 2. The van der Waals surface area contributed by atoms with Crippen molar-refractivity contribution in [3.05, 3.63) is 81.0 Å². The minimum atomic E-state index is -5.83. The molecule has 3 unspecified atom stereocenters. The van der Waals surface area contributed by atoms with Gasteiger partial charge in [-0.3, -0.25) is 28.2 Å². The number of aliphatic hydroxyl groups is 2. The number of carbonyl (C=O) groups excluding carboxylic acids is 1. The number of unbranched alkanes of at least 4 members (excludes halogenated alkanes) is 5. The number of phosphoric ester groups is 2. The standard InChI is InChI=1S/C42H57N8O20P3S/c1-3-48(4-2)30-16-13-27-22-28(41(55)68-32(27)23-30)14-15-29-17-18-31(74(62,63)64)24-49(29)20-10-7-8-12-34(51)44-19-9-5-6-11-21-65-71(56,57)69-73(60,61)70-72(58,59)66-25-33-36(52)37(53)40(67-33)50-26-45-35-38(50)46-42(43)47-39(35)54/h13-18,22-24,26,33,36-37,40,52-53H,3-12,19-21,25H2,1-2H3,(H7-,43,44,46,47,51,54,56,57,58,59,60,61,62,63,64)/t33-,36-,37-,40-/m1/s1. The van der Waals surface area contributed by atoms with Crippen LogP contribution in [0.15, 0.2) is 67.8 Å². The number of ether oxygens (including phenoxy) is 1. The van der Waals surface area contributed by atoms with Gasteiger partial charge in [0, 0.05) is 61.8 Å². The largest absolute Gasteiger partial charge is 0.744 e. The van der Waals surface area contributed by atoms with Crippen LogP contribution in [0.5, 0.6) is 0 Å². The van der Waals surface area contributed by atoms with E-state index in [1.807, 2.05) is 32.0 Å². The molecule has 1 amide bonds. The van der Waals surface area contributed by atoms with Gasteiger partial charge >= 0.3 is 29.1 Å². The normalized spacial score (nSPS) is 19.7. The molecule has 1 aliphatic rings. The summed E-state index contributed by atoms with van der Waals surface area (Å²) in [7, 11) is -21.5. The van der Waals surface area contributed by atoms with E-state index in [4.69, 9.17) is 14.9 Å². The first-order valence-corrected chi connectivity index (χ1v) is 29.0. The molecule has 6 rings (SSSR count). The maximum atomic E-state index is 12.9. The molecule has 5 heterocycles. The number of carbonyl (C=O) groups is 1. The Morgan fingerprint density at radius 3 is 2.36 bits per heavy atom. The number of imidazole rings is 1.